The van der Waals surface area contributed by atoms with Crippen LogP contribution in [0.25, 0.3) is 10.2 Å². The highest BCUT2D eigenvalue weighted by Gasteiger charge is 2.07. The summed E-state index contributed by atoms with van der Waals surface area (Å²) in [6.45, 7) is 0.443. The molecule has 0 spiro atoms. The molecule has 3 rings (SSSR count). The molecule has 0 radical (unpaired) electrons. The molecular formula is C16H14N2O2S. The van der Waals surface area contributed by atoms with Crippen LogP contribution < -0.4 is 5.32 Å². The molecule has 0 saturated carbocycles. The van der Waals surface area contributed by atoms with Gasteiger partial charge in [0.15, 0.2) is 5.13 Å². The number of anilines is 1. The molecule has 0 unspecified atom stereocenters. The predicted octanol–water partition coefficient (Wildman–Crippen LogP) is 3.45. The molecule has 1 N–H and O–H groups in total. The summed E-state index contributed by atoms with van der Waals surface area (Å²) in [5, 5.41) is 3.36. The zero-order valence-electron chi connectivity index (χ0n) is 11.3. The maximum Gasteiger partial charge on any atom is 0.252 e. The minimum atomic E-state index is -0.190. The third-order valence-electron chi connectivity index (χ3n) is 2.88. The molecule has 0 aliphatic rings. The van der Waals surface area contributed by atoms with Crippen molar-refractivity contribution in [3.05, 3.63) is 60.2 Å². The van der Waals surface area contributed by atoms with Crippen molar-refractivity contribution in [1.29, 1.82) is 0 Å². The molecular weight excluding hydrogens is 284 g/mol. The summed E-state index contributed by atoms with van der Waals surface area (Å²) in [5.74, 6) is -0.190. The van der Waals surface area contributed by atoms with E-state index in [4.69, 9.17) is 4.74 Å². The summed E-state index contributed by atoms with van der Waals surface area (Å²) in [6, 6.07) is 17.5. The molecule has 0 aliphatic heterocycles. The van der Waals surface area contributed by atoms with E-state index in [0.717, 1.165) is 15.8 Å². The molecule has 0 bridgehead atoms. The minimum Gasteiger partial charge on any atom is -0.367 e. The van der Waals surface area contributed by atoms with Crippen molar-refractivity contribution in [2.45, 2.75) is 6.61 Å². The SMILES string of the molecule is O=C(COCc1ccccc1)Nc1nc2ccccc2s1. The quantitative estimate of drug-likeness (QED) is 0.785. The first-order valence-corrected chi connectivity index (χ1v) is 7.40. The van der Waals surface area contributed by atoms with Crippen LogP contribution in [0.5, 0.6) is 0 Å². The molecule has 2 aromatic carbocycles. The van der Waals surface area contributed by atoms with Gasteiger partial charge in [-0.15, -0.1) is 0 Å². The van der Waals surface area contributed by atoms with Crippen molar-refractivity contribution in [3.63, 3.8) is 0 Å². The monoisotopic (exact) mass is 298 g/mol. The molecule has 0 atom stereocenters. The summed E-state index contributed by atoms with van der Waals surface area (Å²) in [7, 11) is 0. The Bertz CT molecular complexity index is 707. The fourth-order valence-electron chi connectivity index (χ4n) is 1.92. The largest absolute Gasteiger partial charge is 0.367 e. The molecule has 1 amide bonds. The maximum absolute atomic E-state index is 11.8. The van der Waals surface area contributed by atoms with Crippen molar-refractivity contribution in [2.75, 3.05) is 11.9 Å². The molecule has 1 heterocycles. The Labute approximate surface area is 126 Å². The Morgan fingerprint density at radius 3 is 2.67 bits per heavy atom. The minimum absolute atomic E-state index is 0.0187. The number of hydrogen-bond donors (Lipinski definition) is 1. The first-order chi connectivity index (χ1) is 10.3. The Morgan fingerprint density at radius 1 is 1.10 bits per heavy atom. The van der Waals surface area contributed by atoms with Gasteiger partial charge in [0.05, 0.1) is 16.8 Å². The van der Waals surface area contributed by atoms with E-state index in [1.54, 1.807) is 0 Å². The van der Waals surface area contributed by atoms with Crippen LogP contribution in [0.3, 0.4) is 0 Å². The van der Waals surface area contributed by atoms with Gasteiger partial charge in [0.2, 0.25) is 0 Å². The summed E-state index contributed by atoms with van der Waals surface area (Å²) < 4.78 is 6.45. The van der Waals surface area contributed by atoms with E-state index < -0.39 is 0 Å². The van der Waals surface area contributed by atoms with Crippen molar-refractivity contribution >= 4 is 32.6 Å². The van der Waals surface area contributed by atoms with E-state index in [1.165, 1.54) is 11.3 Å². The lowest BCUT2D eigenvalue weighted by molar-refractivity contribution is -0.121. The molecule has 0 saturated heterocycles. The highest BCUT2D eigenvalue weighted by Crippen LogP contribution is 2.25. The molecule has 0 fully saturated rings. The number of amides is 1. The van der Waals surface area contributed by atoms with Crippen molar-refractivity contribution in [1.82, 2.24) is 4.98 Å². The molecule has 106 valence electrons. The molecule has 5 heteroatoms. The van der Waals surface area contributed by atoms with Gasteiger partial charge in [0.25, 0.3) is 5.91 Å². The van der Waals surface area contributed by atoms with Gasteiger partial charge in [-0.3, -0.25) is 10.1 Å². The van der Waals surface area contributed by atoms with E-state index in [2.05, 4.69) is 10.3 Å². The van der Waals surface area contributed by atoms with Crippen LogP contribution in [0, 0.1) is 0 Å². The first kappa shape index (κ1) is 13.7. The maximum atomic E-state index is 11.8. The van der Waals surface area contributed by atoms with Crippen LogP contribution >= 0.6 is 11.3 Å². The van der Waals surface area contributed by atoms with Crippen molar-refractivity contribution in [3.8, 4) is 0 Å². The summed E-state index contributed by atoms with van der Waals surface area (Å²) in [5.41, 5.74) is 1.94. The van der Waals surface area contributed by atoms with Gasteiger partial charge in [-0.1, -0.05) is 53.8 Å². The smallest absolute Gasteiger partial charge is 0.252 e. The highest BCUT2D eigenvalue weighted by molar-refractivity contribution is 7.22. The van der Waals surface area contributed by atoms with E-state index in [1.807, 2.05) is 54.6 Å². The number of rotatable bonds is 5. The van der Waals surface area contributed by atoms with Crippen LogP contribution in [0.2, 0.25) is 0 Å². The summed E-state index contributed by atoms with van der Waals surface area (Å²) >= 11 is 1.46. The number of hydrogen-bond acceptors (Lipinski definition) is 4. The van der Waals surface area contributed by atoms with Gasteiger partial charge in [0, 0.05) is 0 Å². The number of thiazole rings is 1. The number of ether oxygens (including phenoxy) is 1. The van der Waals surface area contributed by atoms with Crippen LogP contribution in [-0.4, -0.2) is 17.5 Å². The molecule has 3 aromatic rings. The number of carbonyl (C=O) groups excluding carboxylic acids is 1. The van der Waals surface area contributed by atoms with Gasteiger partial charge in [-0.05, 0) is 17.7 Å². The van der Waals surface area contributed by atoms with E-state index in [9.17, 15) is 4.79 Å². The average Bonchev–Trinajstić information content (AvgIpc) is 2.90. The second kappa shape index (κ2) is 6.47. The average molecular weight is 298 g/mol. The number of benzene rings is 2. The lowest BCUT2D eigenvalue weighted by Crippen LogP contribution is -2.18. The van der Waals surface area contributed by atoms with Crippen molar-refractivity contribution in [2.24, 2.45) is 0 Å². The molecule has 4 nitrogen and oxygen atoms in total. The number of para-hydroxylation sites is 1. The second-order valence-electron chi connectivity index (χ2n) is 4.51. The van der Waals surface area contributed by atoms with Gasteiger partial charge in [-0.25, -0.2) is 4.98 Å². The third-order valence-corrected chi connectivity index (χ3v) is 3.84. The standard InChI is InChI=1S/C16H14N2O2S/c19-15(11-20-10-12-6-2-1-3-7-12)18-16-17-13-8-4-5-9-14(13)21-16/h1-9H,10-11H2,(H,17,18,19). The number of nitrogens with zero attached hydrogens (tertiary/aromatic N) is 1. The number of aromatic nitrogens is 1. The van der Waals surface area contributed by atoms with Crippen LogP contribution in [0.1, 0.15) is 5.56 Å². The normalized spacial score (nSPS) is 10.7. The topological polar surface area (TPSA) is 51.2 Å². The molecule has 1 aromatic heterocycles. The van der Waals surface area contributed by atoms with E-state index in [0.29, 0.717) is 11.7 Å². The number of carbonyl (C=O) groups is 1. The van der Waals surface area contributed by atoms with Crippen LogP contribution in [0.15, 0.2) is 54.6 Å². The van der Waals surface area contributed by atoms with Gasteiger partial charge < -0.3 is 4.74 Å². The number of nitrogens with one attached hydrogen (secondary N) is 1. The van der Waals surface area contributed by atoms with Gasteiger partial charge in [0.1, 0.15) is 6.61 Å². The fourth-order valence-corrected chi connectivity index (χ4v) is 2.80. The lowest BCUT2D eigenvalue weighted by Gasteiger charge is -2.04. The summed E-state index contributed by atoms with van der Waals surface area (Å²) in [4.78, 5) is 16.2. The van der Waals surface area contributed by atoms with Gasteiger partial charge in [-0.2, -0.15) is 0 Å². The second-order valence-corrected chi connectivity index (χ2v) is 5.54. The lowest BCUT2D eigenvalue weighted by atomic mass is 10.2. The van der Waals surface area contributed by atoms with E-state index in [-0.39, 0.29) is 12.5 Å². The van der Waals surface area contributed by atoms with Crippen LogP contribution in [0.4, 0.5) is 5.13 Å². The molecule has 0 aliphatic carbocycles. The Morgan fingerprint density at radius 2 is 1.86 bits per heavy atom. The van der Waals surface area contributed by atoms with Crippen molar-refractivity contribution < 1.29 is 9.53 Å². The zero-order valence-corrected chi connectivity index (χ0v) is 12.1. The highest BCUT2D eigenvalue weighted by atomic mass is 32.1. The first-order valence-electron chi connectivity index (χ1n) is 6.58. The number of fused-ring (bicyclic) bond motifs is 1. The van der Waals surface area contributed by atoms with E-state index >= 15 is 0 Å². The Balaban J connectivity index is 1.52. The third kappa shape index (κ3) is 3.65. The predicted molar refractivity (Wildman–Crippen MR) is 84.3 cm³/mol. The summed E-state index contributed by atoms with van der Waals surface area (Å²) in [6.07, 6.45) is 0. The zero-order chi connectivity index (χ0) is 14.5. The molecule has 21 heavy (non-hydrogen) atoms. The Hall–Kier alpha value is -2.24. The Kier molecular flexibility index (Phi) is 4.23. The van der Waals surface area contributed by atoms with Crippen LogP contribution in [-0.2, 0) is 16.1 Å². The van der Waals surface area contributed by atoms with Gasteiger partial charge >= 0.3 is 0 Å². The fraction of sp³-hybridized carbons (Fsp3) is 0.125.